The Bertz CT molecular complexity index is 1250. The van der Waals surface area contributed by atoms with E-state index in [0.29, 0.717) is 37.7 Å². The minimum absolute atomic E-state index is 0.0691. The van der Waals surface area contributed by atoms with E-state index in [1.54, 1.807) is 42.5 Å². The van der Waals surface area contributed by atoms with Crippen LogP contribution in [0, 0.1) is 23.3 Å². The van der Waals surface area contributed by atoms with Gasteiger partial charge in [0, 0.05) is 11.1 Å². The van der Waals surface area contributed by atoms with Crippen LogP contribution >= 0.6 is 0 Å². The lowest BCUT2D eigenvalue weighted by Crippen LogP contribution is -2.11. The Balaban J connectivity index is 1.45. The van der Waals surface area contributed by atoms with Crippen molar-refractivity contribution in [3.63, 3.8) is 0 Å². The van der Waals surface area contributed by atoms with E-state index in [1.165, 1.54) is 18.2 Å². The van der Waals surface area contributed by atoms with Crippen molar-refractivity contribution in [1.29, 1.82) is 0 Å². The number of hydrogen-bond acceptors (Lipinski definition) is 2. The number of aryl methyl sites for hydroxylation is 2. The van der Waals surface area contributed by atoms with E-state index in [1.807, 2.05) is 0 Å². The molecule has 0 fully saturated rings. The standard InChI is InChI=1S/C29H26F4O2/c1-2-17-35-25-16-15-24(28(32)29(25)33)19-6-3-18(4-7-19)5-8-21-11-14-23(27(31)26(21)30)20-9-12-22(34)13-10-20/h2-4,6-7,9,11,14-16,22,34H,1,5,8,10,12-13,17H2. The fourth-order valence-corrected chi connectivity index (χ4v) is 4.24. The highest BCUT2D eigenvalue weighted by atomic mass is 19.2. The first kappa shape index (κ1) is 24.7. The summed E-state index contributed by atoms with van der Waals surface area (Å²) in [5.74, 6) is -3.96. The molecule has 2 nitrogen and oxygen atoms in total. The molecule has 1 N–H and O–H groups in total. The van der Waals surface area contributed by atoms with Gasteiger partial charge in [0.25, 0.3) is 0 Å². The lowest BCUT2D eigenvalue weighted by Gasteiger charge is -2.18. The van der Waals surface area contributed by atoms with Gasteiger partial charge in [0.2, 0.25) is 5.82 Å². The highest BCUT2D eigenvalue weighted by Gasteiger charge is 2.20. The topological polar surface area (TPSA) is 29.5 Å². The molecule has 4 rings (SSSR count). The van der Waals surface area contributed by atoms with Crippen LogP contribution in [0.5, 0.6) is 5.75 Å². The largest absolute Gasteiger partial charge is 0.486 e. The van der Waals surface area contributed by atoms with Crippen LogP contribution < -0.4 is 4.74 Å². The van der Waals surface area contributed by atoms with Crippen molar-refractivity contribution in [2.75, 3.05) is 6.61 Å². The molecule has 1 aliphatic rings. The van der Waals surface area contributed by atoms with Gasteiger partial charge in [0.1, 0.15) is 6.61 Å². The maximum Gasteiger partial charge on any atom is 0.201 e. The first-order chi connectivity index (χ1) is 16.9. The summed E-state index contributed by atoms with van der Waals surface area (Å²) < 4.78 is 63.4. The molecule has 35 heavy (non-hydrogen) atoms. The molecule has 0 saturated carbocycles. The third kappa shape index (κ3) is 5.49. The SMILES string of the molecule is C=CCOc1ccc(-c2ccc(CCc3ccc(C4=CCC(O)CC4)c(F)c3F)cc2)c(F)c1F. The summed E-state index contributed by atoms with van der Waals surface area (Å²) in [5, 5.41) is 9.61. The smallest absolute Gasteiger partial charge is 0.201 e. The maximum atomic E-state index is 14.7. The zero-order chi connectivity index (χ0) is 24.9. The normalized spacial score (nSPS) is 15.6. The third-order valence-corrected chi connectivity index (χ3v) is 6.24. The minimum Gasteiger partial charge on any atom is -0.486 e. The first-order valence-electron chi connectivity index (χ1n) is 11.5. The molecule has 0 aliphatic heterocycles. The van der Waals surface area contributed by atoms with Gasteiger partial charge in [0.15, 0.2) is 23.2 Å². The summed E-state index contributed by atoms with van der Waals surface area (Å²) in [4.78, 5) is 0. The highest BCUT2D eigenvalue weighted by Crippen LogP contribution is 2.32. The lowest BCUT2D eigenvalue weighted by molar-refractivity contribution is 0.166. The summed E-state index contributed by atoms with van der Waals surface area (Å²) in [7, 11) is 0. The fourth-order valence-electron chi connectivity index (χ4n) is 4.24. The molecular formula is C29H26F4O2. The molecule has 1 aliphatic carbocycles. The maximum absolute atomic E-state index is 14.7. The van der Waals surface area contributed by atoms with Crippen molar-refractivity contribution < 1.29 is 27.4 Å². The Labute approximate surface area is 202 Å². The van der Waals surface area contributed by atoms with Gasteiger partial charge in [-0.3, -0.25) is 0 Å². The zero-order valence-corrected chi connectivity index (χ0v) is 19.2. The molecule has 1 unspecified atom stereocenters. The van der Waals surface area contributed by atoms with Gasteiger partial charge in [-0.15, -0.1) is 0 Å². The molecule has 0 saturated heterocycles. The highest BCUT2D eigenvalue weighted by molar-refractivity contribution is 5.67. The molecule has 182 valence electrons. The second-order valence-electron chi connectivity index (χ2n) is 8.59. The Morgan fingerprint density at radius 1 is 0.857 bits per heavy atom. The van der Waals surface area contributed by atoms with Crippen LogP contribution in [0.25, 0.3) is 16.7 Å². The van der Waals surface area contributed by atoms with Crippen molar-refractivity contribution in [1.82, 2.24) is 0 Å². The van der Waals surface area contributed by atoms with Gasteiger partial charge in [0.05, 0.1) is 6.10 Å². The molecule has 0 aromatic heterocycles. The van der Waals surface area contributed by atoms with Crippen molar-refractivity contribution in [3.05, 3.63) is 107 Å². The Kier molecular flexibility index (Phi) is 7.71. The van der Waals surface area contributed by atoms with E-state index in [-0.39, 0.29) is 29.0 Å². The Morgan fingerprint density at radius 3 is 2.26 bits per heavy atom. The van der Waals surface area contributed by atoms with Crippen LogP contribution in [-0.2, 0) is 12.8 Å². The van der Waals surface area contributed by atoms with Crippen molar-refractivity contribution >= 4 is 5.57 Å². The number of aliphatic hydroxyl groups excluding tert-OH is 1. The molecule has 0 spiro atoms. The minimum atomic E-state index is -1.06. The number of hydrogen-bond donors (Lipinski definition) is 1. The molecular weight excluding hydrogens is 456 g/mol. The quantitative estimate of drug-likeness (QED) is 0.272. The van der Waals surface area contributed by atoms with E-state index >= 15 is 0 Å². The second kappa shape index (κ2) is 10.9. The molecule has 6 heteroatoms. The van der Waals surface area contributed by atoms with Gasteiger partial charge >= 0.3 is 0 Å². The summed E-state index contributed by atoms with van der Waals surface area (Å²) in [6.07, 6.45) is 5.02. The number of halogens is 4. The van der Waals surface area contributed by atoms with Crippen LogP contribution in [0.15, 0.2) is 67.3 Å². The van der Waals surface area contributed by atoms with Crippen LogP contribution in [0.1, 0.15) is 36.0 Å². The van der Waals surface area contributed by atoms with Gasteiger partial charge < -0.3 is 9.84 Å². The van der Waals surface area contributed by atoms with Crippen molar-refractivity contribution in [2.24, 2.45) is 0 Å². The van der Waals surface area contributed by atoms with E-state index < -0.39 is 29.4 Å². The van der Waals surface area contributed by atoms with Crippen LogP contribution in [-0.4, -0.2) is 17.8 Å². The summed E-state index contributed by atoms with van der Waals surface area (Å²) in [6.45, 7) is 3.55. The first-order valence-corrected chi connectivity index (χ1v) is 11.5. The molecule has 0 bridgehead atoms. The van der Waals surface area contributed by atoms with E-state index in [9.17, 15) is 22.7 Å². The number of allylic oxidation sites excluding steroid dienone is 1. The molecule has 1 atom stereocenters. The van der Waals surface area contributed by atoms with Gasteiger partial charge in [-0.05, 0) is 66.5 Å². The van der Waals surface area contributed by atoms with Gasteiger partial charge in [-0.1, -0.05) is 55.1 Å². The van der Waals surface area contributed by atoms with E-state index in [0.717, 1.165) is 11.1 Å². The average molecular weight is 483 g/mol. The molecule has 0 radical (unpaired) electrons. The predicted octanol–water partition coefficient (Wildman–Crippen LogP) is 7.19. The number of aliphatic hydroxyl groups is 1. The van der Waals surface area contributed by atoms with Crippen molar-refractivity contribution in [3.8, 4) is 16.9 Å². The Morgan fingerprint density at radius 2 is 1.57 bits per heavy atom. The Hall–Kier alpha value is -3.38. The van der Waals surface area contributed by atoms with E-state index in [4.69, 9.17) is 4.74 Å². The van der Waals surface area contributed by atoms with Crippen LogP contribution in [0.3, 0.4) is 0 Å². The summed E-state index contributed by atoms with van der Waals surface area (Å²) in [6, 6.07) is 12.9. The molecule has 0 amide bonds. The lowest BCUT2D eigenvalue weighted by atomic mass is 9.90. The number of rotatable bonds is 8. The van der Waals surface area contributed by atoms with Crippen LogP contribution in [0.2, 0.25) is 0 Å². The van der Waals surface area contributed by atoms with E-state index in [2.05, 4.69) is 6.58 Å². The van der Waals surface area contributed by atoms with Gasteiger partial charge in [-0.25, -0.2) is 13.2 Å². The molecule has 3 aromatic carbocycles. The third-order valence-electron chi connectivity index (χ3n) is 6.24. The van der Waals surface area contributed by atoms with Gasteiger partial charge in [-0.2, -0.15) is 4.39 Å². The second-order valence-corrected chi connectivity index (χ2v) is 8.59. The summed E-state index contributed by atoms with van der Waals surface area (Å²) >= 11 is 0. The monoisotopic (exact) mass is 482 g/mol. The summed E-state index contributed by atoms with van der Waals surface area (Å²) in [5.41, 5.74) is 2.69. The average Bonchev–Trinajstić information content (AvgIpc) is 2.87. The molecule has 3 aromatic rings. The molecule has 0 heterocycles. The number of benzene rings is 3. The zero-order valence-electron chi connectivity index (χ0n) is 19.2. The number of ether oxygens (including phenoxy) is 1. The van der Waals surface area contributed by atoms with Crippen molar-refractivity contribution in [2.45, 2.75) is 38.2 Å². The van der Waals surface area contributed by atoms with Crippen LogP contribution in [0.4, 0.5) is 17.6 Å². The fraction of sp³-hybridized carbons (Fsp3) is 0.241. The predicted molar refractivity (Wildman–Crippen MR) is 129 cm³/mol.